The highest BCUT2D eigenvalue weighted by Gasteiger charge is 2.34. The maximum Gasteiger partial charge on any atom is 0.338 e. The van der Waals surface area contributed by atoms with E-state index in [0.717, 1.165) is 5.56 Å². The zero-order valence-corrected chi connectivity index (χ0v) is 23.4. The lowest BCUT2D eigenvalue weighted by Gasteiger charge is -2.25. The van der Waals surface area contributed by atoms with Crippen LogP contribution in [0.1, 0.15) is 44.9 Å². The van der Waals surface area contributed by atoms with E-state index in [-0.39, 0.29) is 12.2 Å². The Balaban J connectivity index is 1.92. The number of halogens is 1. The number of esters is 1. The van der Waals surface area contributed by atoms with Gasteiger partial charge in [0, 0.05) is 0 Å². The van der Waals surface area contributed by atoms with Gasteiger partial charge in [-0.05, 0) is 69.2 Å². The smallest absolute Gasteiger partial charge is 0.338 e. The molecule has 1 unspecified atom stereocenters. The molecule has 0 bridgehead atoms. The van der Waals surface area contributed by atoms with Crippen LogP contribution in [0.15, 0.2) is 57.5 Å². The Kier molecular flexibility index (Phi) is 8.58. The lowest BCUT2D eigenvalue weighted by Crippen LogP contribution is -2.40. The Bertz CT molecular complexity index is 1570. The van der Waals surface area contributed by atoms with Crippen molar-refractivity contribution in [3.05, 3.63) is 83.5 Å². The van der Waals surface area contributed by atoms with Crippen LogP contribution >= 0.6 is 22.9 Å². The molecule has 0 aliphatic carbocycles. The van der Waals surface area contributed by atoms with Crippen LogP contribution in [-0.4, -0.2) is 37.5 Å². The summed E-state index contributed by atoms with van der Waals surface area (Å²) in [5.74, 6) is 1.11. The second kappa shape index (κ2) is 11.9. The van der Waals surface area contributed by atoms with Crippen molar-refractivity contribution in [3.63, 3.8) is 0 Å². The predicted molar refractivity (Wildman–Crippen MR) is 147 cm³/mol. The summed E-state index contributed by atoms with van der Waals surface area (Å²) in [5, 5.41) is 0.452. The quantitative estimate of drug-likeness (QED) is 0.366. The van der Waals surface area contributed by atoms with Gasteiger partial charge in [-0.1, -0.05) is 35.1 Å². The summed E-state index contributed by atoms with van der Waals surface area (Å²) in [6.45, 7) is 8.35. The van der Waals surface area contributed by atoms with Gasteiger partial charge in [-0.15, -0.1) is 0 Å². The Morgan fingerprint density at radius 2 is 1.76 bits per heavy atom. The number of aromatic nitrogens is 1. The molecular formula is C28H29ClN2O6S. The first kappa shape index (κ1) is 27.5. The minimum absolute atomic E-state index is 0.193. The van der Waals surface area contributed by atoms with Crippen LogP contribution < -0.4 is 29.1 Å². The minimum Gasteiger partial charge on any atom is -0.493 e. The molecule has 0 fully saturated rings. The first-order chi connectivity index (χ1) is 18.3. The lowest BCUT2D eigenvalue weighted by molar-refractivity contribution is -0.139. The SMILES string of the molecule is CCOC(=O)C1=C(C)N=c2s/c(=C/c3ccc(OCC)c(Cl)c3)c(=O)n2C1c1ccc(OC)c(OCC)c1. The van der Waals surface area contributed by atoms with Crippen LogP contribution in [0.2, 0.25) is 5.02 Å². The number of ether oxygens (including phenoxy) is 4. The molecule has 0 N–H and O–H groups in total. The standard InChI is InChI=1S/C28H29ClN2O6S/c1-6-35-20-11-9-17(13-19(20)29)14-23-26(32)31-25(18-10-12-21(34-5)22(15-18)36-7-2)24(27(33)37-8-3)16(4)30-28(31)38-23/h9-15,25H,6-8H2,1-5H3/b23-14+. The maximum atomic E-state index is 13.8. The van der Waals surface area contributed by atoms with E-state index in [1.807, 2.05) is 26.0 Å². The molecule has 200 valence electrons. The van der Waals surface area contributed by atoms with Crippen molar-refractivity contribution < 1.29 is 23.7 Å². The van der Waals surface area contributed by atoms with Crippen molar-refractivity contribution in [2.24, 2.45) is 4.99 Å². The van der Waals surface area contributed by atoms with Crippen molar-refractivity contribution in [3.8, 4) is 17.2 Å². The highest BCUT2D eigenvalue weighted by molar-refractivity contribution is 7.07. The zero-order valence-electron chi connectivity index (χ0n) is 21.9. The molecule has 8 nitrogen and oxygen atoms in total. The Hall–Kier alpha value is -3.56. The summed E-state index contributed by atoms with van der Waals surface area (Å²) >= 11 is 7.60. The molecule has 1 aromatic heterocycles. The zero-order chi connectivity index (χ0) is 27.4. The highest BCUT2D eigenvalue weighted by atomic mass is 35.5. The van der Waals surface area contributed by atoms with E-state index in [4.69, 9.17) is 30.5 Å². The number of methoxy groups -OCH3 is 1. The average Bonchev–Trinajstić information content (AvgIpc) is 3.19. The second-order valence-electron chi connectivity index (χ2n) is 8.27. The van der Waals surface area contributed by atoms with Crippen LogP contribution in [0.3, 0.4) is 0 Å². The van der Waals surface area contributed by atoms with Crippen molar-refractivity contribution >= 4 is 35.0 Å². The van der Waals surface area contributed by atoms with E-state index >= 15 is 0 Å². The van der Waals surface area contributed by atoms with Gasteiger partial charge in [0.15, 0.2) is 16.3 Å². The molecule has 0 saturated carbocycles. The lowest BCUT2D eigenvalue weighted by atomic mass is 9.95. The van der Waals surface area contributed by atoms with E-state index < -0.39 is 12.0 Å². The van der Waals surface area contributed by atoms with Gasteiger partial charge in [0.2, 0.25) is 0 Å². The van der Waals surface area contributed by atoms with Crippen molar-refractivity contribution in [1.29, 1.82) is 0 Å². The third-order valence-electron chi connectivity index (χ3n) is 5.87. The molecule has 0 radical (unpaired) electrons. The number of carbonyl (C=O) groups is 1. The molecule has 0 spiro atoms. The van der Waals surface area contributed by atoms with Crippen LogP contribution in [0.4, 0.5) is 0 Å². The molecule has 1 aliphatic rings. The van der Waals surface area contributed by atoms with Crippen molar-refractivity contribution in [2.75, 3.05) is 26.9 Å². The molecule has 1 atom stereocenters. The number of thiazole rings is 1. The largest absolute Gasteiger partial charge is 0.493 e. The molecule has 10 heteroatoms. The number of benzene rings is 2. The minimum atomic E-state index is -0.763. The van der Waals surface area contributed by atoms with Crippen LogP contribution in [-0.2, 0) is 9.53 Å². The fourth-order valence-corrected chi connectivity index (χ4v) is 5.56. The topological polar surface area (TPSA) is 88.4 Å². The Morgan fingerprint density at radius 1 is 1.05 bits per heavy atom. The van der Waals surface area contributed by atoms with Gasteiger partial charge >= 0.3 is 5.97 Å². The van der Waals surface area contributed by atoms with Gasteiger partial charge in [-0.2, -0.15) is 0 Å². The summed E-state index contributed by atoms with van der Waals surface area (Å²) in [4.78, 5) is 32.0. The van der Waals surface area contributed by atoms with Crippen LogP contribution in [0.25, 0.3) is 6.08 Å². The highest BCUT2D eigenvalue weighted by Crippen LogP contribution is 2.36. The molecule has 2 aromatic carbocycles. The molecule has 1 aliphatic heterocycles. The number of allylic oxidation sites excluding steroid dienone is 1. The number of rotatable bonds is 9. The van der Waals surface area contributed by atoms with Crippen LogP contribution in [0.5, 0.6) is 17.2 Å². The summed E-state index contributed by atoms with van der Waals surface area (Å²) in [7, 11) is 1.56. The Morgan fingerprint density at radius 3 is 2.42 bits per heavy atom. The third-order valence-corrected chi connectivity index (χ3v) is 7.15. The van der Waals surface area contributed by atoms with Crippen molar-refractivity contribution in [1.82, 2.24) is 4.57 Å². The third kappa shape index (κ3) is 5.35. The maximum absolute atomic E-state index is 13.8. The Labute approximate surface area is 229 Å². The summed E-state index contributed by atoms with van der Waals surface area (Å²) < 4.78 is 24.1. The van der Waals surface area contributed by atoms with Crippen molar-refractivity contribution in [2.45, 2.75) is 33.7 Å². The van der Waals surface area contributed by atoms with Gasteiger partial charge in [-0.3, -0.25) is 9.36 Å². The van der Waals surface area contributed by atoms with E-state index in [1.54, 1.807) is 51.3 Å². The summed E-state index contributed by atoms with van der Waals surface area (Å²) in [5.41, 5.74) is 1.90. The predicted octanol–water partition coefficient (Wildman–Crippen LogP) is 4.26. The fourth-order valence-electron chi connectivity index (χ4n) is 4.27. The second-order valence-corrected chi connectivity index (χ2v) is 9.68. The fraction of sp³-hybridized carbons (Fsp3) is 0.321. The number of fused-ring (bicyclic) bond motifs is 1. The number of hydrogen-bond acceptors (Lipinski definition) is 8. The molecule has 38 heavy (non-hydrogen) atoms. The molecule has 0 amide bonds. The molecule has 3 aromatic rings. The van der Waals surface area contributed by atoms with Gasteiger partial charge in [0.05, 0.1) is 53.8 Å². The van der Waals surface area contributed by atoms with E-state index in [1.165, 1.54) is 15.9 Å². The number of carbonyl (C=O) groups excluding carboxylic acids is 1. The molecular weight excluding hydrogens is 528 g/mol. The number of hydrogen-bond donors (Lipinski definition) is 0. The van der Waals surface area contributed by atoms with Gasteiger partial charge in [0.25, 0.3) is 5.56 Å². The summed E-state index contributed by atoms with van der Waals surface area (Å²) in [6, 6.07) is 9.95. The van der Waals surface area contributed by atoms with E-state index in [9.17, 15) is 9.59 Å². The van der Waals surface area contributed by atoms with Gasteiger partial charge < -0.3 is 18.9 Å². The first-order valence-electron chi connectivity index (χ1n) is 12.3. The molecule has 2 heterocycles. The summed E-state index contributed by atoms with van der Waals surface area (Å²) in [6.07, 6.45) is 1.76. The molecule has 4 rings (SSSR count). The average molecular weight is 557 g/mol. The van der Waals surface area contributed by atoms with E-state index in [0.29, 0.717) is 61.7 Å². The van der Waals surface area contributed by atoms with Gasteiger partial charge in [-0.25, -0.2) is 9.79 Å². The monoisotopic (exact) mass is 556 g/mol. The normalized spacial score (nSPS) is 15.1. The molecule has 0 saturated heterocycles. The van der Waals surface area contributed by atoms with Crippen LogP contribution in [0, 0.1) is 0 Å². The number of nitrogens with zero attached hydrogens (tertiary/aromatic N) is 2. The van der Waals surface area contributed by atoms with E-state index in [2.05, 4.69) is 4.99 Å². The van der Waals surface area contributed by atoms with Gasteiger partial charge in [0.1, 0.15) is 5.75 Å². The first-order valence-corrected chi connectivity index (χ1v) is 13.4.